The number of unbranched alkanes of at least 4 members (excludes halogenated alkanes) is 2. The molecule has 0 saturated carbocycles. The lowest BCUT2D eigenvalue weighted by Crippen LogP contribution is -2.44. The minimum absolute atomic E-state index is 0.433. The van der Waals surface area contributed by atoms with Crippen LogP contribution in [-0.4, -0.2) is 24.2 Å². The molecule has 1 fully saturated rings. The van der Waals surface area contributed by atoms with Gasteiger partial charge in [0.2, 0.25) is 0 Å². The normalized spacial score (nSPS) is 21.1. The fraction of sp³-hybridized carbons (Fsp3) is 0.424. The second-order valence-corrected chi connectivity index (χ2v) is 10.7. The van der Waals surface area contributed by atoms with E-state index >= 15 is 0 Å². The van der Waals surface area contributed by atoms with Crippen molar-refractivity contribution in [1.82, 2.24) is 5.06 Å². The Hall–Kier alpha value is -3.35. The smallest absolute Gasteiger partial charge is 0.343 e. The minimum atomic E-state index is -0.707. The van der Waals surface area contributed by atoms with Gasteiger partial charge in [-0.3, -0.25) is 0 Å². The van der Waals surface area contributed by atoms with Gasteiger partial charge in [-0.05, 0) is 99.2 Å². The van der Waals surface area contributed by atoms with Crippen LogP contribution in [0, 0.1) is 0 Å². The van der Waals surface area contributed by atoms with Crippen molar-refractivity contribution >= 4 is 5.97 Å². The SMILES string of the molecule is CCCCOc1ccc(OC(=O)c2ccc([C@@]3(C)CC[C@](C)(c4ccc(OCCCC)cc4)N3[O])cc2)cc1. The first kappa shape index (κ1) is 28.7. The Bertz CT molecular complexity index is 1210. The Kier molecular flexibility index (Phi) is 9.31. The topological polar surface area (TPSA) is 67.9 Å². The summed E-state index contributed by atoms with van der Waals surface area (Å²) in [5, 5.41) is 15.0. The zero-order valence-corrected chi connectivity index (χ0v) is 23.6. The molecule has 0 unspecified atom stereocenters. The van der Waals surface area contributed by atoms with Crippen LogP contribution in [-0.2, 0) is 16.3 Å². The molecular formula is C33H40NO5. The Balaban J connectivity index is 1.40. The maximum Gasteiger partial charge on any atom is 0.343 e. The van der Waals surface area contributed by atoms with E-state index in [2.05, 4.69) is 13.8 Å². The number of ether oxygens (including phenoxy) is 3. The third kappa shape index (κ3) is 6.45. The zero-order valence-electron chi connectivity index (χ0n) is 23.6. The van der Waals surface area contributed by atoms with Crippen LogP contribution in [0.1, 0.15) is 87.7 Å². The van der Waals surface area contributed by atoms with Gasteiger partial charge in [0.15, 0.2) is 0 Å². The average molecular weight is 531 g/mol. The Morgan fingerprint density at radius 3 is 1.56 bits per heavy atom. The Morgan fingerprint density at radius 2 is 1.10 bits per heavy atom. The molecule has 1 radical (unpaired) electrons. The number of esters is 1. The molecule has 0 N–H and O–H groups in total. The van der Waals surface area contributed by atoms with Gasteiger partial charge in [0.1, 0.15) is 17.2 Å². The highest BCUT2D eigenvalue weighted by Gasteiger charge is 2.52. The van der Waals surface area contributed by atoms with Crippen molar-refractivity contribution in [2.75, 3.05) is 13.2 Å². The van der Waals surface area contributed by atoms with E-state index in [4.69, 9.17) is 14.2 Å². The molecule has 0 spiro atoms. The summed E-state index contributed by atoms with van der Waals surface area (Å²) in [5.41, 5.74) is 0.932. The number of nitrogens with zero attached hydrogens (tertiary/aromatic N) is 1. The molecule has 2 atom stereocenters. The zero-order chi connectivity index (χ0) is 27.9. The van der Waals surface area contributed by atoms with Crippen LogP contribution < -0.4 is 14.2 Å². The van der Waals surface area contributed by atoms with Crippen molar-refractivity contribution < 1.29 is 24.2 Å². The number of carbonyl (C=O) groups is 1. The molecule has 207 valence electrons. The Labute approximate surface area is 232 Å². The molecule has 0 aromatic heterocycles. The van der Waals surface area contributed by atoms with E-state index in [0.717, 1.165) is 54.7 Å². The second kappa shape index (κ2) is 12.7. The first-order valence-electron chi connectivity index (χ1n) is 14.1. The van der Waals surface area contributed by atoms with Crippen LogP contribution >= 0.6 is 0 Å². The molecule has 1 heterocycles. The number of benzene rings is 3. The molecule has 3 aromatic carbocycles. The summed E-state index contributed by atoms with van der Waals surface area (Å²) >= 11 is 0. The van der Waals surface area contributed by atoms with Crippen molar-refractivity contribution in [2.24, 2.45) is 0 Å². The highest BCUT2D eigenvalue weighted by molar-refractivity contribution is 5.91. The largest absolute Gasteiger partial charge is 0.494 e. The van der Waals surface area contributed by atoms with Crippen LogP contribution in [0.2, 0.25) is 0 Å². The summed E-state index contributed by atoms with van der Waals surface area (Å²) in [5.74, 6) is 1.59. The van der Waals surface area contributed by atoms with Gasteiger partial charge in [-0.1, -0.05) is 51.0 Å². The summed E-state index contributed by atoms with van der Waals surface area (Å²) in [6, 6.07) is 22.2. The fourth-order valence-electron chi connectivity index (χ4n) is 5.07. The van der Waals surface area contributed by atoms with Crippen LogP contribution in [0.5, 0.6) is 17.2 Å². The summed E-state index contributed by atoms with van der Waals surface area (Å²) in [4.78, 5) is 12.7. The molecule has 1 aliphatic heterocycles. The van der Waals surface area contributed by atoms with Gasteiger partial charge in [0, 0.05) is 0 Å². The highest BCUT2D eigenvalue weighted by Crippen LogP contribution is 2.51. The molecule has 4 rings (SSSR count). The summed E-state index contributed by atoms with van der Waals surface area (Å²) in [6.45, 7) is 9.60. The van der Waals surface area contributed by atoms with E-state index in [1.165, 1.54) is 5.06 Å². The summed E-state index contributed by atoms with van der Waals surface area (Å²) in [6.07, 6.45) is 5.61. The van der Waals surface area contributed by atoms with E-state index in [1.807, 2.05) is 50.2 Å². The van der Waals surface area contributed by atoms with Gasteiger partial charge in [-0.15, -0.1) is 10.3 Å². The molecular weight excluding hydrogens is 490 g/mol. The van der Waals surface area contributed by atoms with Crippen molar-refractivity contribution in [3.05, 3.63) is 89.5 Å². The molecule has 6 heteroatoms. The van der Waals surface area contributed by atoms with Crippen molar-refractivity contribution in [3.8, 4) is 17.2 Å². The second-order valence-electron chi connectivity index (χ2n) is 10.7. The lowest BCUT2D eigenvalue weighted by atomic mass is 9.89. The van der Waals surface area contributed by atoms with Crippen molar-refractivity contribution in [2.45, 2.75) is 77.3 Å². The summed E-state index contributed by atoms with van der Waals surface area (Å²) < 4.78 is 17.0. The summed E-state index contributed by atoms with van der Waals surface area (Å²) in [7, 11) is 0. The molecule has 39 heavy (non-hydrogen) atoms. The third-order valence-electron chi connectivity index (χ3n) is 7.78. The van der Waals surface area contributed by atoms with E-state index in [-0.39, 0.29) is 0 Å². The van der Waals surface area contributed by atoms with Gasteiger partial charge in [0.25, 0.3) is 0 Å². The maximum absolute atomic E-state index is 13.8. The van der Waals surface area contributed by atoms with Gasteiger partial charge in [-0.2, -0.15) is 0 Å². The van der Waals surface area contributed by atoms with E-state index < -0.39 is 17.0 Å². The van der Waals surface area contributed by atoms with Crippen molar-refractivity contribution in [1.29, 1.82) is 0 Å². The standard InChI is InChI=1S/C33H40NO5/c1-5-7-23-37-28-15-13-27(14-16-28)33(4)22-21-32(3,34(33)36)26-11-9-25(10-12-26)31(35)39-30-19-17-29(18-20-30)38-24-8-6-2/h9-20H,5-8,21-24H2,1-4H3/t32-,33-/m1/s1. The predicted molar refractivity (Wildman–Crippen MR) is 152 cm³/mol. The lowest BCUT2D eigenvalue weighted by Gasteiger charge is -2.37. The van der Waals surface area contributed by atoms with Crippen molar-refractivity contribution in [3.63, 3.8) is 0 Å². The van der Waals surface area contributed by atoms with E-state index in [9.17, 15) is 10.0 Å². The monoisotopic (exact) mass is 530 g/mol. The number of carbonyl (C=O) groups excluding carboxylic acids is 1. The molecule has 1 saturated heterocycles. The molecule has 1 aliphatic rings. The van der Waals surface area contributed by atoms with Crippen LogP contribution in [0.3, 0.4) is 0 Å². The van der Waals surface area contributed by atoms with Gasteiger partial charge < -0.3 is 14.2 Å². The first-order chi connectivity index (χ1) is 18.8. The minimum Gasteiger partial charge on any atom is -0.494 e. The molecule has 3 aromatic rings. The molecule has 6 nitrogen and oxygen atoms in total. The van der Waals surface area contributed by atoms with Gasteiger partial charge >= 0.3 is 5.97 Å². The molecule has 0 amide bonds. The third-order valence-corrected chi connectivity index (χ3v) is 7.78. The van der Waals surface area contributed by atoms with E-state index in [1.54, 1.807) is 36.4 Å². The predicted octanol–water partition coefficient (Wildman–Crippen LogP) is 7.84. The maximum atomic E-state index is 13.8. The molecule has 0 bridgehead atoms. The Morgan fingerprint density at radius 1 is 0.692 bits per heavy atom. The van der Waals surface area contributed by atoms with Crippen LogP contribution in [0.25, 0.3) is 0 Å². The van der Waals surface area contributed by atoms with Crippen LogP contribution in [0.15, 0.2) is 72.8 Å². The van der Waals surface area contributed by atoms with Gasteiger partial charge in [0.05, 0.1) is 29.9 Å². The number of hydroxylamine groups is 2. The molecule has 0 aliphatic carbocycles. The first-order valence-corrected chi connectivity index (χ1v) is 14.1. The number of hydrogen-bond acceptors (Lipinski definition) is 5. The quantitative estimate of drug-likeness (QED) is 0.136. The van der Waals surface area contributed by atoms with E-state index in [0.29, 0.717) is 30.9 Å². The average Bonchev–Trinajstić information content (AvgIpc) is 3.20. The fourth-order valence-corrected chi connectivity index (χ4v) is 5.07. The lowest BCUT2D eigenvalue weighted by molar-refractivity contribution is -0.260. The number of rotatable bonds is 12. The van der Waals surface area contributed by atoms with Crippen LogP contribution in [0.4, 0.5) is 0 Å². The highest BCUT2D eigenvalue weighted by atomic mass is 16.5. The van der Waals surface area contributed by atoms with Gasteiger partial charge in [-0.25, -0.2) is 4.79 Å². The number of hydrogen-bond donors (Lipinski definition) is 0.